The van der Waals surface area contributed by atoms with E-state index in [4.69, 9.17) is 0 Å². The van der Waals surface area contributed by atoms with Crippen LogP contribution < -0.4 is 10.2 Å². The molecule has 0 spiro atoms. The van der Waals surface area contributed by atoms with Crippen molar-refractivity contribution >= 4 is 17.4 Å². The largest absolute Gasteiger partial charge is 0.354 e. The summed E-state index contributed by atoms with van der Waals surface area (Å²) in [5, 5.41) is 11.7. The van der Waals surface area contributed by atoms with Crippen molar-refractivity contribution in [3.63, 3.8) is 0 Å². The average molecular weight is 422 g/mol. The lowest BCUT2D eigenvalue weighted by Gasteiger charge is -2.36. The van der Waals surface area contributed by atoms with Crippen molar-refractivity contribution in [3.05, 3.63) is 54.1 Å². The molecule has 0 aromatic carbocycles. The minimum Gasteiger partial charge on any atom is -0.354 e. The predicted molar refractivity (Wildman–Crippen MR) is 122 cm³/mol. The van der Waals surface area contributed by atoms with Crippen LogP contribution in [0, 0.1) is 0 Å². The molecule has 1 unspecified atom stereocenters. The Hall–Kier alpha value is -3.00. The molecule has 0 radical (unpaired) electrons. The van der Waals surface area contributed by atoms with Gasteiger partial charge >= 0.3 is 0 Å². The summed E-state index contributed by atoms with van der Waals surface area (Å²) in [7, 11) is 0. The summed E-state index contributed by atoms with van der Waals surface area (Å²) in [5.41, 5.74) is 1.21. The number of hydrogen-bond acceptors (Lipinski definition) is 6. The highest BCUT2D eigenvalue weighted by Crippen LogP contribution is 2.21. The first kappa shape index (κ1) is 21.2. The zero-order chi connectivity index (χ0) is 22.0. The number of nitrogens with zero attached hydrogens (tertiary/aromatic N) is 6. The van der Waals surface area contributed by atoms with Gasteiger partial charge in [0.1, 0.15) is 11.6 Å². The van der Waals surface area contributed by atoms with E-state index in [1.54, 1.807) is 0 Å². The Morgan fingerprint density at radius 2 is 1.87 bits per heavy atom. The number of hydrogen-bond donors (Lipinski definition) is 1. The fourth-order valence-corrected chi connectivity index (χ4v) is 3.98. The van der Waals surface area contributed by atoms with E-state index in [0.29, 0.717) is 5.56 Å². The highest BCUT2D eigenvalue weighted by atomic mass is 16.1. The van der Waals surface area contributed by atoms with Crippen molar-refractivity contribution in [2.75, 3.05) is 37.6 Å². The molecule has 4 heterocycles. The number of rotatable bonds is 5. The molecule has 1 fully saturated rings. The third-order valence-corrected chi connectivity index (χ3v) is 5.59. The highest BCUT2D eigenvalue weighted by molar-refractivity contribution is 5.94. The predicted octanol–water partition coefficient (Wildman–Crippen LogP) is 2.36. The van der Waals surface area contributed by atoms with Gasteiger partial charge in [-0.05, 0) is 31.2 Å². The monoisotopic (exact) mass is 421 g/mol. The topological polar surface area (TPSA) is 78.7 Å². The quantitative estimate of drug-likeness (QED) is 0.681. The summed E-state index contributed by atoms with van der Waals surface area (Å²) in [5.74, 6) is 1.80. The van der Waals surface area contributed by atoms with Gasteiger partial charge in [0.15, 0.2) is 5.65 Å². The third-order valence-electron chi connectivity index (χ3n) is 5.59. The average Bonchev–Trinajstić information content (AvgIpc) is 3.18. The molecule has 1 atom stereocenters. The number of fused-ring (bicyclic) bond motifs is 1. The van der Waals surface area contributed by atoms with Crippen LogP contribution in [-0.2, 0) is 5.41 Å². The lowest BCUT2D eigenvalue weighted by molar-refractivity contribution is 0.0927. The molecule has 8 nitrogen and oxygen atoms in total. The standard InChI is InChI=1S/C23H31N7O/c1-17(15-28-11-13-29(14-12-28)19-7-5-6-10-24-19)25-21(31)18-8-9-20-26-27-22(23(2,3)4)30(20)16-18/h5-10,16-17H,11-15H2,1-4H3,(H,25,31). The van der Waals surface area contributed by atoms with Gasteiger partial charge in [-0.2, -0.15) is 0 Å². The summed E-state index contributed by atoms with van der Waals surface area (Å²) in [6.45, 7) is 12.9. The molecular weight excluding hydrogens is 390 g/mol. The zero-order valence-corrected chi connectivity index (χ0v) is 18.7. The van der Waals surface area contributed by atoms with Crippen LogP contribution in [0.4, 0.5) is 5.82 Å². The molecule has 0 aliphatic carbocycles. The number of piperazine rings is 1. The van der Waals surface area contributed by atoms with Gasteiger partial charge in [-0.15, -0.1) is 10.2 Å². The van der Waals surface area contributed by atoms with Crippen molar-refractivity contribution < 1.29 is 4.79 Å². The minimum absolute atomic E-state index is 0.0487. The van der Waals surface area contributed by atoms with Crippen LogP contribution in [0.2, 0.25) is 0 Å². The van der Waals surface area contributed by atoms with Crippen LogP contribution >= 0.6 is 0 Å². The van der Waals surface area contributed by atoms with Crippen LogP contribution in [0.15, 0.2) is 42.7 Å². The van der Waals surface area contributed by atoms with Crippen molar-refractivity contribution in [1.29, 1.82) is 0 Å². The van der Waals surface area contributed by atoms with Gasteiger partial charge in [0.05, 0.1) is 5.56 Å². The molecule has 1 aliphatic heterocycles. The van der Waals surface area contributed by atoms with Crippen LogP contribution in [0.3, 0.4) is 0 Å². The summed E-state index contributed by atoms with van der Waals surface area (Å²) < 4.78 is 1.91. The third kappa shape index (κ3) is 4.85. The second-order valence-corrected chi connectivity index (χ2v) is 9.27. The fraction of sp³-hybridized carbons (Fsp3) is 0.478. The number of anilines is 1. The summed E-state index contributed by atoms with van der Waals surface area (Å²) >= 11 is 0. The molecule has 8 heteroatoms. The summed E-state index contributed by atoms with van der Waals surface area (Å²) in [4.78, 5) is 22.0. The van der Waals surface area contributed by atoms with Gasteiger partial charge in [0.2, 0.25) is 0 Å². The molecule has 1 amide bonds. The number of carbonyl (C=O) groups excluding carboxylic acids is 1. The van der Waals surface area contributed by atoms with E-state index in [1.807, 2.05) is 41.1 Å². The van der Waals surface area contributed by atoms with Crippen LogP contribution in [-0.4, -0.2) is 69.2 Å². The van der Waals surface area contributed by atoms with Crippen molar-refractivity contribution in [2.45, 2.75) is 39.2 Å². The Morgan fingerprint density at radius 1 is 1.10 bits per heavy atom. The Labute approximate surface area is 183 Å². The molecule has 1 N–H and O–H groups in total. The van der Waals surface area contributed by atoms with E-state index in [-0.39, 0.29) is 17.4 Å². The van der Waals surface area contributed by atoms with E-state index in [9.17, 15) is 4.79 Å². The van der Waals surface area contributed by atoms with E-state index in [0.717, 1.165) is 50.0 Å². The first-order chi connectivity index (χ1) is 14.8. The Kier molecular flexibility index (Phi) is 5.91. The van der Waals surface area contributed by atoms with Crippen molar-refractivity contribution in [2.24, 2.45) is 0 Å². The molecule has 0 saturated carbocycles. The summed E-state index contributed by atoms with van der Waals surface area (Å²) in [6.07, 6.45) is 3.67. The lowest BCUT2D eigenvalue weighted by atomic mass is 9.96. The van der Waals surface area contributed by atoms with Gasteiger partial charge in [-0.25, -0.2) is 4.98 Å². The molecule has 4 rings (SSSR count). The SMILES string of the molecule is CC(CN1CCN(c2ccccn2)CC1)NC(=O)c1ccc2nnc(C(C)(C)C)n2c1. The molecular formula is C23H31N7O. The number of carbonyl (C=O) groups is 1. The normalized spacial score (nSPS) is 16.5. The summed E-state index contributed by atoms with van der Waals surface area (Å²) in [6, 6.07) is 9.72. The van der Waals surface area contributed by atoms with Gasteiger partial charge in [-0.3, -0.25) is 14.1 Å². The van der Waals surface area contributed by atoms with Gasteiger partial charge < -0.3 is 10.2 Å². The van der Waals surface area contributed by atoms with E-state index < -0.39 is 0 Å². The maximum Gasteiger partial charge on any atom is 0.253 e. The fourth-order valence-electron chi connectivity index (χ4n) is 3.98. The molecule has 164 valence electrons. The van der Waals surface area contributed by atoms with E-state index in [2.05, 4.69) is 64.1 Å². The smallest absolute Gasteiger partial charge is 0.253 e. The maximum absolute atomic E-state index is 12.9. The van der Waals surface area contributed by atoms with Crippen molar-refractivity contribution in [3.8, 4) is 0 Å². The zero-order valence-electron chi connectivity index (χ0n) is 18.7. The Morgan fingerprint density at radius 3 is 2.55 bits per heavy atom. The first-order valence-electron chi connectivity index (χ1n) is 10.9. The van der Waals surface area contributed by atoms with Crippen LogP contribution in [0.1, 0.15) is 43.9 Å². The number of amides is 1. The second-order valence-electron chi connectivity index (χ2n) is 9.27. The maximum atomic E-state index is 12.9. The van der Waals surface area contributed by atoms with Crippen LogP contribution in [0.5, 0.6) is 0 Å². The van der Waals surface area contributed by atoms with E-state index >= 15 is 0 Å². The van der Waals surface area contributed by atoms with E-state index in [1.165, 1.54) is 0 Å². The van der Waals surface area contributed by atoms with Gasteiger partial charge in [0, 0.05) is 56.6 Å². The second kappa shape index (κ2) is 8.63. The molecule has 1 aliphatic rings. The lowest BCUT2D eigenvalue weighted by Crippen LogP contribution is -2.51. The molecule has 31 heavy (non-hydrogen) atoms. The number of aromatic nitrogens is 4. The molecule has 3 aromatic heterocycles. The molecule has 0 bridgehead atoms. The van der Waals surface area contributed by atoms with Gasteiger partial charge in [-0.1, -0.05) is 26.8 Å². The number of pyridine rings is 2. The molecule has 1 saturated heterocycles. The molecule has 3 aromatic rings. The minimum atomic E-state index is -0.154. The Balaban J connectivity index is 1.34. The van der Waals surface area contributed by atoms with Gasteiger partial charge in [0.25, 0.3) is 5.91 Å². The number of nitrogens with one attached hydrogen (secondary N) is 1. The van der Waals surface area contributed by atoms with Crippen molar-refractivity contribution in [1.82, 2.24) is 29.8 Å². The Bertz CT molecular complexity index is 1030. The van der Waals surface area contributed by atoms with Crippen LogP contribution in [0.25, 0.3) is 5.65 Å². The first-order valence-corrected chi connectivity index (χ1v) is 10.9. The highest BCUT2D eigenvalue weighted by Gasteiger charge is 2.23.